The van der Waals surface area contributed by atoms with E-state index < -0.39 is 0 Å². The third-order valence-corrected chi connectivity index (χ3v) is 5.36. The standard InChI is InChI=1S/C19H26N2O2/c1-14(22)20-10-8-15(9-11-20)18(23)21-13-17-7-5-4-6-16(17)12-19(21,2)3/h4-7,15H,8-13H2,1-3H3. The summed E-state index contributed by atoms with van der Waals surface area (Å²) in [5.41, 5.74) is 2.47. The summed E-state index contributed by atoms with van der Waals surface area (Å²) in [5, 5.41) is 0. The van der Waals surface area contributed by atoms with Gasteiger partial charge in [0.2, 0.25) is 11.8 Å². The third-order valence-electron chi connectivity index (χ3n) is 5.36. The number of piperidine rings is 1. The van der Waals surface area contributed by atoms with Gasteiger partial charge in [-0.1, -0.05) is 24.3 Å². The summed E-state index contributed by atoms with van der Waals surface area (Å²) in [4.78, 5) is 28.4. The van der Waals surface area contributed by atoms with E-state index in [0.29, 0.717) is 19.6 Å². The molecule has 23 heavy (non-hydrogen) atoms. The Balaban J connectivity index is 1.74. The highest BCUT2D eigenvalue weighted by Gasteiger charge is 2.39. The number of hydrogen-bond donors (Lipinski definition) is 0. The minimum Gasteiger partial charge on any atom is -0.343 e. The van der Waals surface area contributed by atoms with Gasteiger partial charge in [0.25, 0.3) is 0 Å². The topological polar surface area (TPSA) is 40.6 Å². The molecule has 2 amide bonds. The van der Waals surface area contributed by atoms with E-state index >= 15 is 0 Å². The zero-order valence-corrected chi connectivity index (χ0v) is 14.3. The molecule has 4 heteroatoms. The van der Waals surface area contributed by atoms with Crippen molar-refractivity contribution in [3.05, 3.63) is 35.4 Å². The molecule has 0 radical (unpaired) electrons. The molecule has 2 aliphatic rings. The zero-order chi connectivity index (χ0) is 16.6. The van der Waals surface area contributed by atoms with Crippen LogP contribution in [0.2, 0.25) is 0 Å². The third kappa shape index (κ3) is 3.12. The zero-order valence-electron chi connectivity index (χ0n) is 14.3. The van der Waals surface area contributed by atoms with Crippen molar-refractivity contribution < 1.29 is 9.59 Å². The molecule has 0 N–H and O–H groups in total. The van der Waals surface area contributed by atoms with Crippen molar-refractivity contribution >= 4 is 11.8 Å². The van der Waals surface area contributed by atoms with Crippen molar-refractivity contribution in [2.45, 2.75) is 52.1 Å². The number of hydrogen-bond acceptors (Lipinski definition) is 2. The Labute approximate surface area is 138 Å². The van der Waals surface area contributed by atoms with Crippen LogP contribution in [0.3, 0.4) is 0 Å². The lowest BCUT2D eigenvalue weighted by molar-refractivity contribution is -0.146. The first-order valence-corrected chi connectivity index (χ1v) is 8.52. The summed E-state index contributed by atoms with van der Waals surface area (Å²) >= 11 is 0. The summed E-state index contributed by atoms with van der Waals surface area (Å²) in [7, 11) is 0. The first kappa shape index (κ1) is 16.0. The number of rotatable bonds is 1. The van der Waals surface area contributed by atoms with Gasteiger partial charge >= 0.3 is 0 Å². The molecule has 2 aliphatic heterocycles. The number of carbonyl (C=O) groups excluding carboxylic acids is 2. The van der Waals surface area contributed by atoms with Crippen LogP contribution < -0.4 is 0 Å². The second-order valence-corrected chi connectivity index (χ2v) is 7.46. The minimum atomic E-state index is -0.150. The second kappa shape index (κ2) is 5.99. The number of benzene rings is 1. The molecule has 124 valence electrons. The fourth-order valence-electron chi connectivity index (χ4n) is 3.87. The lowest BCUT2D eigenvalue weighted by atomic mass is 9.83. The molecule has 0 atom stereocenters. The Hall–Kier alpha value is -1.84. The van der Waals surface area contributed by atoms with Crippen molar-refractivity contribution in [3.63, 3.8) is 0 Å². The van der Waals surface area contributed by atoms with E-state index in [4.69, 9.17) is 0 Å². The van der Waals surface area contributed by atoms with Crippen LogP contribution in [-0.2, 0) is 22.6 Å². The molecule has 1 aromatic rings. The Morgan fingerprint density at radius 2 is 1.70 bits per heavy atom. The van der Waals surface area contributed by atoms with Gasteiger partial charge in [0, 0.05) is 38.0 Å². The number of likely N-dealkylation sites (tertiary alicyclic amines) is 1. The molecule has 1 saturated heterocycles. The molecule has 0 spiro atoms. The Bertz CT molecular complexity index is 616. The molecule has 2 heterocycles. The minimum absolute atomic E-state index is 0.0511. The van der Waals surface area contributed by atoms with Gasteiger partial charge in [0.15, 0.2) is 0 Å². The van der Waals surface area contributed by atoms with Gasteiger partial charge in [-0.05, 0) is 44.2 Å². The highest BCUT2D eigenvalue weighted by Crippen LogP contribution is 2.33. The van der Waals surface area contributed by atoms with Crippen LogP contribution in [0.25, 0.3) is 0 Å². The quantitative estimate of drug-likeness (QED) is 0.799. The first-order valence-electron chi connectivity index (χ1n) is 8.52. The molecule has 1 fully saturated rings. The summed E-state index contributed by atoms with van der Waals surface area (Å²) in [6.07, 6.45) is 2.47. The molecule has 1 aromatic carbocycles. The molecule has 0 unspecified atom stereocenters. The number of amides is 2. The Kier molecular flexibility index (Phi) is 4.17. The predicted octanol–water partition coefficient (Wildman–Crippen LogP) is 2.61. The van der Waals surface area contributed by atoms with Gasteiger partial charge in [-0.25, -0.2) is 0 Å². The van der Waals surface area contributed by atoms with Crippen molar-refractivity contribution in [1.29, 1.82) is 0 Å². The van der Waals surface area contributed by atoms with E-state index in [1.165, 1.54) is 11.1 Å². The molecule has 0 aliphatic carbocycles. The van der Waals surface area contributed by atoms with Crippen LogP contribution in [0.1, 0.15) is 44.7 Å². The van der Waals surface area contributed by atoms with Crippen LogP contribution in [0.4, 0.5) is 0 Å². The average molecular weight is 314 g/mol. The molecular formula is C19H26N2O2. The normalized spacial score (nSPS) is 21.0. The number of fused-ring (bicyclic) bond motifs is 1. The van der Waals surface area contributed by atoms with Crippen molar-refractivity contribution in [3.8, 4) is 0 Å². The summed E-state index contributed by atoms with van der Waals surface area (Å²) in [6, 6.07) is 8.42. The van der Waals surface area contributed by atoms with Crippen molar-refractivity contribution in [2.75, 3.05) is 13.1 Å². The summed E-state index contributed by atoms with van der Waals surface area (Å²) < 4.78 is 0. The highest BCUT2D eigenvalue weighted by molar-refractivity contribution is 5.81. The average Bonchev–Trinajstić information content (AvgIpc) is 2.53. The van der Waals surface area contributed by atoms with Crippen LogP contribution in [0.5, 0.6) is 0 Å². The molecular weight excluding hydrogens is 288 g/mol. The lowest BCUT2D eigenvalue weighted by Gasteiger charge is -2.45. The number of carbonyl (C=O) groups is 2. The maximum atomic E-state index is 13.1. The molecule has 4 nitrogen and oxygen atoms in total. The lowest BCUT2D eigenvalue weighted by Crippen LogP contribution is -2.54. The first-order chi connectivity index (χ1) is 10.9. The maximum Gasteiger partial charge on any atom is 0.226 e. The SMILES string of the molecule is CC(=O)N1CCC(C(=O)N2Cc3ccccc3CC2(C)C)CC1. The largest absolute Gasteiger partial charge is 0.343 e. The van der Waals surface area contributed by atoms with Gasteiger partial charge < -0.3 is 9.80 Å². The van der Waals surface area contributed by atoms with Crippen LogP contribution in [-0.4, -0.2) is 40.2 Å². The Morgan fingerprint density at radius 1 is 1.09 bits per heavy atom. The van der Waals surface area contributed by atoms with Crippen molar-refractivity contribution in [2.24, 2.45) is 5.92 Å². The van der Waals surface area contributed by atoms with E-state index in [9.17, 15) is 9.59 Å². The van der Waals surface area contributed by atoms with Gasteiger partial charge in [-0.2, -0.15) is 0 Å². The maximum absolute atomic E-state index is 13.1. The summed E-state index contributed by atoms with van der Waals surface area (Å²) in [5.74, 6) is 0.422. The highest BCUT2D eigenvalue weighted by atomic mass is 16.2. The molecule has 3 rings (SSSR count). The predicted molar refractivity (Wildman–Crippen MR) is 89.8 cm³/mol. The van der Waals surface area contributed by atoms with E-state index in [0.717, 1.165) is 19.3 Å². The van der Waals surface area contributed by atoms with E-state index in [-0.39, 0.29) is 23.3 Å². The smallest absolute Gasteiger partial charge is 0.226 e. The monoisotopic (exact) mass is 314 g/mol. The van der Waals surface area contributed by atoms with Gasteiger partial charge in [0.1, 0.15) is 0 Å². The van der Waals surface area contributed by atoms with Gasteiger partial charge in [-0.15, -0.1) is 0 Å². The van der Waals surface area contributed by atoms with E-state index in [1.807, 2.05) is 11.0 Å². The fraction of sp³-hybridized carbons (Fsp3) is 0.579. The fourth-order valence-corrected chi connectivity index (χ4v) is 3.87. The Morgan fingerprint density at radius 3 is 2.30 bits per heavy atom. The summed E-state index contributed by atoms with van der Waals surface area (Å²) in [6.45, 7) is 8.03. The van der Waals surface area contributed by atoms with Gasteiger partial charge in [0.05, 0.1) is 0 Å². The van der Waals surface area contributed by atoms with Gasteiger partial charge in [-0.3, -0.25) is 9.59 Å². The van der Waals surface area contributed by atoms with E-state index in [2.05, 4.69) is 36.9 Å². The van der Waals surface area contributed by atoms with E-state index in [1.54, 1.807) is 6.92 Å². The second-order valence-electron chi connectivity index (χ2n) is 7.46. The molecule has 0 saturated carbocycles. The number of nitrogens with zero attached hydrogens (tertiary/aromatic N) is 2. The van der Waals surface area contributed by atoms with Crippen LogP contribution in [0.15, 0.2) is 24.3 Å². The molecule has 0 aromatic heterocycles. The van der Waals surface area contributed by atoms with Crippen molar-refractivity contribution in [1.82, 2.24) is 9.80 Å². The molecule has 0 bridgehead atoms. The van der Waals surface area contributed by atoms with Crippen LogP contribution in [0, 0.1) is 5.92 Å². The van der Waals surface area contributed by atoms with Crippen LogP contribution >= 0.6 is 0 Å².